The summed E-state index contributed by atoms with van der Waals surface area (Å²) in [6.07, 6.45) is 0. The highest BCUT2D eigenvalue weighted by atomic mass is 35.5. The molecule has 0 radical (unpaired) electrons. The average molecular weight is 341 g/mol. The van der Waals surface area contributed by atoms with E-state index in [1.807, 2.05) is 6.07 Å². The minimum absolute atomic E-state index is 0.0787. The van der Waals surface area contributed by atoms with Crippen molar-refractivity contribution in [3.63, 3.8) is 0 Å². The van der Waals surface area contributed by atoms with Gasteiger partial charge in [-0.1, -0.05) is 30.3 Å². The van der Waals surface area contributed by atoms with Gasteiger partial charge in [0.15, 0.2) is 0 Å². The number of hydrogen-bond acceptors (Lipinski definition) is 1. The van der Waals surface area contributed by atoms with Gasteiger partial charge < -0.3 is 4.90 Å². The highest BCUT2D eigenvalue weighted by Crippen LogP contribution is 2.47. The van der Waals surface area contributed by atoms with Crippen molar-refractivity contribution in [2.75, 3.05) is 29.7 Å². The molecule has 0 bridgehead atoms. The van der Waals surface area contributed by atoms with Crippen molar-refractivity contribution in [1.29, 1.82) is 0 Å². The van der Waals surface area contributed by atoms with Crippen molar-refractivity contribution in [2.45, 2.75) is 5.38 Å². The molecule has 2 aromatic rings. The number of alkyl halides is 3. The van der Waals surface area contributed by atoms with E-state index in [0.29, 0.717) is 11.8 Å². The van der Waals surface area contributed by atoms with Gasteiger partial charge in [-0.15, -0.1) is 34.8 Å². The summed E-state index contributed by atoms with van der Waals surface area (Å²) >= 11 is 18.4. The van der Waals surface area contributed by atoms with Gasteiger partial charge in [0.05, 0.1) is 5.38 Å². The first kappa shape index (κ1) is 15.0. The summed E-state index contributed by atoms with van der Waals surface area (Å²) < 4.78 is 0. The Kier molecular flexibility index (Phi) is 4.63. The van der Waals surface area contributed by atoms with E-state index in [2.05, 4.69) is 41.3 Å². The van der Waals surface area contributed by atoms with E-state index in [-0.39, 0.29) is 5.38 Å². The number of rotatable bonds is 5. The van der Waals surface area contributed by atoms with Crippen molar-refractivity contribution < 1.29 is 0 Å². The Morgan fingerprint density at radius 1 is 0.857 bits per heavy atom. The molecule has 1 aliphatic carbocycles. The van der Waals surface area contributed by atoms with E-state index in [4.69, 9.17) is 34.8 Å². The standard InChI is InChI=1S/C17H16Cl3N/c18-7-9-21(10-8-19)12-5-6-14-13-3-1-2-4-15(13)17(20)16(14)11-12/h1-6,11,17H,7-10H2/t17-/m1/s1. The second-order valence-corrected chi connectivity index (χ2v) is 6.28. The first-order valence-electron chi connectivity index (χ1n) is 7.00. The van der Waals surface area contributed by atoms with Gasteiger partial charge in [-0.25, -0.2) is 0 Å². The van der Waals surface area contributed by atoms with Crippen LogP contribution in [0, 0.1) is 0 Å². The highest BCUT2D eigenvalue weighted by molar-refractivity contribution is 6.25. The lowest BCUT2D eigenvalue weighted by atomic mass is 10.1. The van der Waals surface area contributed by atoms with Gasteiger partial charge >= 0.3 is 0 Å². The second kappa shape index (κ2) is 6.48. The van der Waals surface area contributed by atoms with E-state index >= 15 is 0 Å². The minimum Gasteiger partial charge on any atom is -0.369 e. The van der Waals surface area contributed by atoms with Gasteiger partial charge in [0.25, 0.3) is 0 Å². The first-order valence-corrected chi connectivity index (χ1v) is 8.51. The molecule has 1 nitrogen and oxygen atoms in total. The normalized spacial score (nSPS) is 15.7. The quantitative estimate of drug-likeness (QED) is 0.669. The van der Waals surface area contributed by atoms with Gasteiger partial charge in [-0.2, -0.15) is 0 Å². The number of fused-ring (bicyclic) bond motifs is 3. The molecule has 0 aliphatic heterocycles. The van der Waals surface area contributed by atoms with Gasteiger partial charge in [0.1, 0.15) is 0 Å². The number of hydrogen-bond donors (Lipinski definition) is 0. The molecule has 1 aliphatic rings. The number of anilines is 1. The molecule has 0 amide bonds. The van der Waals surface area contributed by atoms with Gasteiger partial charge in [-0.05, 0) is 34.4 Å². The summed E-state index contributed by atoms with van der Waals surface area (Å²) in [5.74, 6) is 1.16. The van der Waals surface area contributed by atoms with Crippen molar-refractivity contribution >= 4 is 40.5 Å². The SMILES string of the molecule is ClCCN(CCCl)c1ccc2c(c1)[C@H](Cl)c1ccccc1-2. The van der Waals surface area contributed by atoms with Crippen LogP contribution < -0.4 is 4.90 Å². The molecule has 0 N–H and O–H groups in total. The summed E-state index contributed by atoms with van der Waals surface area (Å²) in [6, 6.07) is 14.8. The Labute approximate surface area is 140 Å². The molecule has 21 heavy (non-hydrogen) atoms. The molecule has 0 saturated heterocycles. The third kappa shape index (κ3) is 2.75. The Morgan fingerprint density at radius 3 is 2.24 bits per heavy atom. The molecule has 0 aromatic heterocycles. The zero-order valence-electron chi connectivity index (χ0n) is 11.5. The third-order valence-corrected chi connectivity index (χ3v) is 4.71. The van der Waals surface area contributed by atoms with Gasteiger partial charge in [-0.3, -0.25) is 0 Å². The van der Waals surface area contributed by atoms with Crippen LogP contribution in [0.1, 0.15) is 16.5 Å². The van der Waals surface area contributed by atoms with Crippen LogP contribution >= 0.6 is 34.8 Å². The molecule has 0 heterocycles. The number of benzene rings is 2. The van der Waals surface area contributed by atoms with Crippen LogP contribution in [0.3, 0.4) is 0 Å². The fourth-order valence-corrected chi connectivity index (χ4v) is 3.69. The van der Waals surface area contributed by atoms with Crippen LogP contribution in [0.2, 0.25) is 0 Å². The molecule has 0 saturated carbocycles. The van der Waals surface area contributed by atoms with Crippen LogP contribution in [-0.4, -0.2) is 24.8 Å². The Balaban J connectivity index is 2.00. The van der Waals surface area contributed by atoms with Gasteiger partial charge in [0.2, 0.25) is 0 Å². The fourth-order valence-electron chi connectivity index (χ4n) is 2.91. The van der Waals surface area contributed by atoms with E-state index in [1.54, 1.807) is 0 Å². The Morgan fingerprint density at radius 2 is 1.52 bits per heavy atom. The summed E-state index contributed by atoms with van der Waals surface area (Å²) in [6.45, 7) is 1.57. The highest BCUT2D eigenvalue weighted by Gasteiger charge is 2.27. The molecule has 3 rings (SSSR count). The summed E-state index contributed by atoms with van der Waals surface area (Å²) in [7, 11) is 0. The molecule has 2 aromatic carbocycles. The number of nitrogens with zero attached hydrogens (tertiary/aromatic N) is 1. The molecule has 4 heteroatoms. The zero-order valence-corrected chi connectivity index (χ0v) is 13.8. The number of halogens is 3. The van der Waals surface area contributed by atoms with E-state index in [1.165, 1.54) is 22.3 Å². The zero-order chi connectivity index (χ0) is 14.8. The minimum atomic E-state index is -0.0787. The van der Waals surface area contributed by atoms with Crippen LogP contribution in [-0.2, 0) is 0 Å². The van der Waals surface area contributed by atoms with Crippen LogP contribution in [0.5, 0.6) is 0 Å². The Bertz CT molecular complexity index is 636. The molecule has 1 atom stereocenters. The molecular formula is C17H16Cl3N. The smallest absolute Gasteiger partial charge is 0.0848 e. The van der Waals surface area contributed by atoms with Crippen molar-refractivity contribution in [1.82, 2.24) is 0 Å². The van der Waals surface area contributed by atoms with Crippen LogP contribution in [0.25, 0.3) is 11.1 Å². The lowest BCUT2D eigenvalue weighted by molar-refractivity contribution is 0.873. The largest absolute Gasteiger partial charge is 0.369 e. The molecule has 0 fully saturated rings. The lowest BCUT2D eigenvalue weighted by Gasteiger charge is -2.23. The summed E-state index contributed by atoms with van der Waals surface area (Å²) in [5.41, 5.74) is 5.96. The second-order valence-electron chi connectivity index (χ2n) is 5.09. The van der Waals surface area contributed by atoms with Crippen molar-refractivity contribution in [3.8, 4) is 11.1 Å². The van der Waals surface area contributed by atoms with E-state index < -0.39 is 0 Å². The summed E-state index contributed by atoms with van der Waals surface area (Å²) in [5, 5.41) is -0.0787. The maximum absolute atomic E-state index is 6.63. The van der Waals surface area contributed by atoms with Crippen LogP contribution in [0.4, 0.5) is 5.69 Å². The topological polar surface area (TPSA) is 3.24 Å². The maximum atomic E-state index is 6.63. The lowest BCUT2D eigenvalue weighted by Crippen LogP contribution is -2.27. The average Bonchev–Trinajstić information content (AvgIpc) is 2.80. The molecule has 0 unspecified atom stereocenters. The molecule has 110 valence electrons. The molecular weight excluding hydrogens is 325 g/mol. The van der Waals surface area contributed by atoms with E-state index in [0.717, 1.165) is 18.8 Å². The predicted octanol–water partition coefficient (Wildman–Crippen LogP) is 5.28. The summed E-state index contributed by atoms with van der Waals surface area (Å²) in [4.78, 5) is 2.20. The van der Waals surface area contributed by atoms with Crippen molar-refractivity contribution in [2.24, 2.45) is 0 Å². The predicted molar refractivity (Wildman–Crippen MR) is 93.2 cm³/mol. The fraction of sp³-hybridized carbons (Fsp3) is 0.294. The van der Waals surface area contributed by atoms with Crippen LogP contribution in [0.15, 0.2) is 42.5 Å². The third-order valence-electron chi connectivity index (χ3n) is 3.91. The Hall–Kier alpha value is -0.890. The molecule has 0 spiro atoms. The van der Waals surface area contributed by atoms with Crippen molar-refractivity contribution in [3.05, 3.63) is 53.6 Å². The van der Waals surface area contributed by atoms with E-state index in [9.17, 15) is 0 Å². The monoisotopic (exact) mass is 339 g/mol. The van der Waals surface area contributed by atoms with Gasteiger partial charge in [0, 0.05) is 30.5 Å². The maximum Gasteiger partial charge on any atom is 0.0848 e. The first-order chi connectivity index (χ1) is 10.3.